The Morgan fingerprint density at radius 3 is 2.43 bits per heavy atom. The fraction of sp³-hybridized carbons (Fsp3) is 0.105. The van der Waals surface area contributed by atoms with Crippen LogP contribution in [0.5, 0.6) is 0 Å². The topological polar surface area (TPSA) is 94.2 Å². The number of amides is 1. The average molecular weight is 413 g/mol. The van der Waals surface area contributed by atoms with Crippen molar-refractivity contribution >= 4 is 40.8 Å². The quantitative estimate of drug-likeness (QED) is 0.370. The van der Waals surface area contributed by atoms with Crippen LogP contribution in [0.15, 0.2) is 65.5 Å². The van der Waals surface area contributed by atoms with Crippen molar-refractivity contribution in [3.63, 3.8) is 0 Å². The number of nitro groups is 1. The van der Waals surface area contributed by atoms with E-state index in [1.807, 2.05) is 30.3 Å². The highest BCUT2D eigenvalue weighted by Crippen LogP contribution is 2.22. The Morgan fingerprint density at radius 1 is 1.14 bits per heavy atom. The molecule has 142 valence electrons. The van der Waals surface area contributed by atoms with E-state index in [-0.39, 0.29) is 30.1 Å². The van der Waals surface area contributed by atoms with Crippen molar-refractivity contribution in [2.45, 2.75) is 13.0 Å². The van der Waals surface area contributed by atoms with Gasteiger partial charge in [0, 0.05) is 41.7 Å². The summed E-state index contributed by atoms with van der Waals surface area (Å²) in [4.78, 5) is 35.5. The molecule has 0 saturated heterocycles. The Hall–Kier alpha value is -3.17. The summed E-state index contributed by atoms with van der Waals surface area (Å²) in [6.45, 7) is 0.155. The molecule has 3 aromatic rings. The van der Waals surface area contributed by atoms with Gasteiger partial charge in [-0.1, -0.05) is 30.3 Å². The van der Waals surface area contributed by atoms with Crippen LogP contribution >= 0.6 is 23.6 Å². The van der Waals surface area contributed by atoms with Gasteiger partial charge >= 0.3 is 0 Å². The fourth-order valence-electron chi connectivity index (χ4n) is 2.51. The minimum absolute atomic E-state index is 0.0535. The zero-order valence-corrected chi connectivity index (χ0v) is 16.2. The smallest absolute Gasteiger partial charge is 0.269 e. The first-order chi connectivity index (χ1) is 13.4. The summed E-state index contributed by atoms with van der Waals surface area (Å²) in [6.07, 6.45) is 0.0535. The molecule has 0 radical (unpaired) electrons. The maximum Gasteiger partial charge on any atom is 0.269 e. The molecule has 28 heavy (non-hydrogen) atoms. The summed E-state index contributed by atoms with van der Waals surface area (Å²) in [5, 5.41) is 13.3. The number of benzene rings is 2. The molecule has 0 aliphatic heterocycles. The number of nitrogens with zero attached hydrogens (tertiary/aromatic N) is 2. The van der Waals surface area contributed by atoms with E-state index in [0.29, 0.717) is 9.64 Å². The monoisotopic (exact) mass is 413 g/mol. The standard InChI is InChI=1S/C19H15N3O4S2/c23-17(20-14-6-8-15(9-7-14)22(25)26)10-11-21-18(24)12-16(28-19(21)27)13-4-2-1-3-5-13/h1-9,12H,10-11H2,(H,20,23). The number of nitrogens with one attached hydrogen (secondary N) is 1. The lowest BCUT2D eigenvalue weighted by molar-refractivity contribution is -0.384. The molecular formula is C19H15N3O4S2. The van der Waals surface area contributed by atoms with Crippen molar-refractivity contribution in [3.8, 4) is 10.4 Å². The van der Waals surface area contributed by atoms with Gasteiger partial charge in [-0.2, -0.15) is 0 Å². The maximum atomic E-state index is 12.4. The molecule has 0 bridgehead atoms. The molecule has 0 fully saturated rings. The number of carbonyl (C=O) groups excluding carboxylic acids is 1. The Labute approximate surface area is 169 Å². The van der Waals surface area contributed by atoms with Crippen LogP contribution in [0.3, 0.4) is 0 Å². The van der Waals surface area contributed by atoms with Crippen LogP contribution in [0.4, 0.5) is 11.4 Å². The molecule has 1 amide bonds. The summed E-state index contributed by atoms with van der Waals surface area (Å²) >= 11 is 6.65. The van der Waals surface area contributed by atoms with E-state index in [4.69, 9.17) is 12.2 Å². The summed E-state index contributed by atoms with van der Waals surface area (Å²) in [5.41, 5.74) is 1.05. The molecule has 1 heterocycles. The lowest BCUT2D eigenvalue weighted by atomic mass is 10.2. The van der Waals surface area contributed by atoms with Gasteiger partial charge in [0.25, 0.3) is 11.2 Å². The third kappa shape index (κ3) is 4.76. The number of non-ortho nitro benzene ring substituents is 1. The zero-order valence-electron chi connectivity index (χ0n) is 14.5. The molecule has 0 spiro atoms. The molecule has 9 heteroatoms. The highest BCUT2D eigenvalue weighted by Gasteiger charge is 2.09. The number of carbonyl (C=O) groups is 1. The molecular weight excluding hydrogens is 398 g/mol. The van der Waals surface area contributed by atoms with Crippen LogP contribution in [0.2, 0.25) is 0 Å². The van der Waals surface area contributed by atoms with E-state index in [9.17, 15) is 19.7 Å². The van der Waals surface area contributed by atoms with Gasteiger partial charge < -0.3 is 5.32 Å². The predicted molar refractivity (Wildman–Crippen MR) is 111 cm³/mol. The van der Waals surface area contributed by atoms with E-state index in [2.05, 4.69) is 5.32 Å². The minimum atomic E-state index is -0.511. The van der Waals surface area contributed by atoms with Crippen LogP contribution in [0.1, 0.15) is 6.42 Å². The van der Waals surface area contributed by atoms with E-state index in [0.717, 1.165) is 10.4 Å². The van der Waals surface area contributed by atoms with Crippen molar-refractivity contribution in [2.75, 3.05) is 5.32 Å². The van der Waals surface area contributed by atoms with Gasteiger partial charge in [0.2, 0.25) is 5.91 Å². The Balaban J connectivity index is 1.67. The van der Waals surface area contributed by atoms with Gasteiger partial charge in [0.15, 0.2) is 3.95 Å². The second-order valence-corrected chi connectivity index (χ2v) is 7.51. The zero-order chi connectivity index (χ0) is 20.1. The van der Waals surface area contributed by atoms with Crippen molar-refractivity contribution < 1.29 is 9.72 Å². The molecule has 0 saturated carbocycles. The summed E-state index contributed by atoms with van der Waals surface area (Å²) < 4.78 is 1.79. The van der Waals surface area contributed by atoms with Gasteiger partial charge in [0.05, 0.1) is 4.92 Å². The highest BCUT2D eigenvalue weighted by molar-refractivity contribution is 7.73. The lowest BCUT2D eigenvalue weighted by Gasteiger charge is -2.08. The van der Waals surface area contributed by atoms with Gasteiger partial charge in [-0.3, -0.25) is 24.3 Å². The van der Waals surface area contributed by atoms with Gasteiger partial charge in [0.1, 0.15) is 0 Å². The predicted octanol–water partition coefficient (Wildman–Crippen LogP) is 4.24. The van der Waals surface area contributed by atoms with E-state index in [1.165, 1.54) is 46.2 Å². The number of hydrogen-bond acceptors (Lipinski definition) is 6. The summed E-state index contributed by atoms with van der Waals surface area (Å²) in [5.74, 6) is -0.313. The van der Waals surface area contributed by atoms with Gasteiger partial charge in [-0.05, 0) is 29.9 Å². The molecule has 2 aromatic carbocycles. The van der Waals surface area contributed by atoms with Crippen LogP contribution in [0, 0.1) is 14.1 Å². The van der Waals surface area contributed by atoms with E-state index in [1.54, 1.807) is 0 Å². The maximum absolute atomic E-state index is 12.4. The number of anilines is 1. The lowest BCUT2D eigenvalue weighted by Crippen LogP contribution is -2.22. The third-order valence-electron chi connectivity index (χ3n) is 3.92. The molecule has 0 unspecified atom stereocenters. The number of rotatable bonds is 6. The highest BCUT2D eigenvalue weighted by atomic mass is 32.1. The van der Waals surface area contributed by atoms with Crippen LogP contribution < -0.4 is 10.9 Å². The Kier molecular flexibility index (Phi) is 6.07. The second-order valence-electron chi connectivity index (χ2n) is 5.83. The summed E-state index contributed by atoms with van der Waals surface area (Å²) in [7, 11) is 0. The first kappa shape index (κ1) is 19.6. The number of aromatic nitrogens is 1. The van der Waals surface area contributed by atoms with Crippen molar-refractivity contribution in [1.29, 1.82) is 0 Å². The molecule has 0 aliphatic rings. The number of nitro benzene ring substituents is 1. The van der Waals surface area contributed by atoms with Crippen LogP contribution in [-0.2, 0) is 11.3 Å². The van der Waals surface area contributed by atoms with E-state index < -0.39 is 4.92 Å². The molecule has 0 aliphatic carbocycles. The van der Waals surface area contributed by atoms with E-state index >= 15 is 0 Å². The van der Waals surface area contributed by atoms with Gasteiger partial charge in [-0.25, -0.2) is 0 Å². The molecule has 0 atom stereocenters. The van der Waals surface area contributed by atoms with Crippen LogP contribution in [0.25, 0.3) is 10.4 Å². The first-order valence-corrected chi connectivity index (χ1v) is 9.51. The molecule has 1 aromatic heterocycles. The van der Waals surface area contributed by atoms with Crippen molar-refractivity contribution in [2.24, 2.45) is 0 Å². The van der Waals surface area contributed by atoms with Crippen molar-refractivity contribution in [3.05, 3.63) is 85.1 Å². The number of hydrogen-bond donors (Lipinski definition) is 1. The van der Waals surface area contributed by atoms with Crippen molar-refractivity contribution in [1.82, 2.24) is 4.57 Å². The fourth-order valence-corrected chi connectivity index (χ4v) is 3.85. The normalized spacial score (nSPS) is 10.4. The average Bonchev–Trinajstić information content (AvgIpc) is 2.68. The third-order valence-corrected chi connectivity index (χ3v) is 5.36. The summed E-state index contributed by atoms with van der Waals surface area (Å²) in [6, 6.07) is 16.5. The molecule has 7 nitrogen and oxygen atoms in total. The minimum Gasteiger partial charge on any atom is -0.326 e. The van der Waals surface area contributed by atoms with Crippen LogP contribution in [-0.4, -0.2) is 15.4 Å². The molecule has 3 rings (SSSR count). The molecule has 1 N–H and O–H groups in total. The van der Waals surface area contributed by atoms with Gasteiger partial charge in [-0.15, -0.1) is 11.3 Å². The second kappa shape index (κ2) is 8.68. The first-order valence-electron chi connectivity index (χ1n) is 8.29. The Morgan fingerprint density at radius 2 is 1.82 bits per heavy atom. The SMILES string of the molecule is O=C(CCn1c(=O)cc(-c2ccccc2)sc1=S)Nc1ccc([N+](=O)[O-])cc1. The Bertz CT molecular complexity index is 1090. The largest absolute Gasteiger partial charge is 0.326 e.